The molecule has 0 aromatic rings. The van der Waals surface area contributed by atoms with Crippen LogP contribution in [0.1, 0.15) is 71.6 Å². The quantitative estimate of drug-likeness (QED) is 0.560. The molecule has 0 amide bonds. The van der Waals surface area contributed by atoms with Crippen LogP contribution in [0.25, 0.3) is 0 Å². The fourth-order valence-corrected chi connectivity index (χ4v) is 2.68. The number of carbonyl (C=O) groups excluding carboxylic acids is 1. The smallest absolute Gasteiger partial charge is 0.326 e. The van der Waals surface area contributed by atoms with Gasteiger partial charge < -0.3 is 10.5 Å². The number of esters is 1. The Kier molecular flexibility index (Phi) is 6.69. The molecule has 0 radical (unpaired) electrons. The first-order chi connectivity index (χ1) is 8.61. The van der Waals surface area contributed by atoms with Crippen LogP contribution in [0.3, 0.4) is 0 Å². The van der Waals surface area contributed by atoms with E-state index in [0.717, 1.165) is 32.1 Å². The monoisotopic (exact) mass is 255 g/mol. The molecule has 0 saturated heterocycles. The minimum atomic E-state index is -0.721. The van der Waals surface area contributed by atoms with Crippen LogP contribution in [0.2, 0.25) is 0 Å². The van der Waals surface area contributed by atoms with Crippen molar-refractivity contribution in [3.05, 3.63) is 0 Å². The van der Waals surface area contributed by atoms with Gasteiger partial charge in [0.2, 0.25) is 0 Å². The van der Waals surface area contributed by atoms with Gasteiger partial charge in [-0.1, -0.05) is 52.4 Å². The molecule has 2 N–H and O–H groups in total. The summed E-state index contributed by atoms with van der Waals surface area (Å²) in [5.41, 5.74) is 5.51. The van der Waals surface area contributed by atoms with Gasteiger partial charge in [-0.25, -0.2) is 0 Å². The molecule has 2 unspecified atom stereocenters. The second-order valence-electron chi connectivity index (χ2n) is 5.74. The van der Waals surface area contributed by atoms with E-state index in [2.05, 4.69) is 13.8 Å². The van der Waals surface area contributed by atoms with Crippen molar-refractivity contribution in [2.45, 2.75) is 77.2 Å². The molecular weight excluding hydrogens is 226 g/mol. The van der Waals surface area contributed by atoms with Crippen LogP contribution < -0.4 is 5.73 Å². The number of unbranched alkanes of at least 4 members (excludes halogenated alkanes) is 4. The van der Waals surface area contributed by atoms with Gasteiger partial charge in [0.15, 0.2) is 0 Å². The van der Waals surface area contributed by atoms with E-state index < -0.39 is 5.54 Å². The van der Waals surface area contributed by atoms with Crippen molar-refractivity contribution in [1.82, 2.24) is 0 Å². The molecule has 18 heavy (non-hydrogen) atoms. The van der Waals surface area contributed by atoms with Crippen LogP contribution in [0.5, 0.6) is 0 Å². The third-order valence-corrected chi connectivity index (χ3v) is 4.22. The van der Waals surface area contributed by atoms with Crippen LogP contribution in [-0.4, -0.2) is 18.1 Å². The fraction of sp³-hybridized carbons (Fsp3) is 0.933. The number of rotatable bonds is 7. The summed E-state index contributed by atoms with van der Waals surface area (Å²) in [5, 5.41) is 0. The van der Waals surface area contributed by atoms with Crippen LogP contribution >= 0.6 is 0 Å². The summed E-state index contributed by atoms with van der Waals surface area (Å²) in [6.07, 6.45) is 9.92. The van der Waals surface area contributed by atoms with Crippen molar-refractivity contribution >= 4 is 5.97 Å². The Morgan fingerprint density at radius 1 is 1.28 bits per heavy atom. The Morgan fingerprint density at radius 2 is 2.00 bits per heavy atom. The maximum absolute atomic E-state index is 12.1. The molecule has 1 aliphatic carbocycles. The number of carbonyl (C=O) groups is 1. The molecule has 1 aliphatic rings. The predicted molar refractivity (Wildman–Crippen MR) is 74.3 cm³/mol. The molecule has 0 aromatic heterocycles. The summed E-state index contributed by atoms with van der Waals surface area (Å²) in [6, 6.07) is 0. The highest BCUT2D eigenvalue weighted by Crippen LogP contribution is 2.32. The van der Waals surface area contributed by atoms with Crippen LogP contribution in [0.15, 0.2) is 0 Å². The van der Waals surface area contributed by atoms with Gasteiger partial charge in [-0.3, -0.25) is 4.79 Å². The normalized spacial score (nSPS) is 28.1. The molecule has 0 heterocycles. The van der Waals surface area contributed by atoms with Gasteiger partial charge in [-0.2, -0.15) is 0 Å². The highest BCUT2D eigenvalue weighted by atomic mass is 16.5. The molecule has 1 fully saturated rings. The van der Waals surface area contributed by atoms with Gasteiger partial charge in [-0.15, -0.1) is 0 Å². The van der Waals surface area contributed by atoms with Gasteiger partial charge in [0, 0.05) is 0 Å². The minimum Gasteiger partial charge on any atom is -0.464 e. The molecular formula is C15H29NO2. The average Bonchev–Trinajstić information content (AvgIpc) is 2.37. The summed E-state index contributed by atoms with van der Waals surface area (Å²) in [6.45, 7) is 4.80. The predicted octanol–water partition coefficient (Wildman–Crippen LogP) is 3.41. The molecule has 0 spiro atoms. The molecule has 1 saturated carbocycles. The second kappa shape index (κ2) is 7.78. The van der Waals surface area contributed by atoms with Crippen molar-refractivity contribution in [2.24, 2.45) is 11.7 Å². The van der Waals surface area contributed by atoms with E-state index in [-0.39, 0.29) is 11.9 Å². The highest BCUT2D eigenvalue weighted by Gasteiger charge is 2.42. The lowest BCUT2D eigenvalue weighted by atomic mass is 9.74. The van der Waals surface area contributed by atoms with Gasteiger partial charge in [0.1, 0.15) is 5.54 Å². The zero-order valence-electron chi connectivity index (χ0n) is 12.0. The molecule has 0 bridgehead atoms. The molecule has 3 heteroatoms. The van der Waals surface area contributed by atoms with Crippen molar-refractivity contribution in [2.75, 3.05) is 6.61 Å². The van der Waals surface area contributed by atoms with Crippen molar-refractivity contribution in [1.29, 1.82) is 0 Å². The van der Waals surface area contributed by atoms with E-state index in [4.69, 9.17) is 10.5 Å². The maximum atomic E-state index is 12.1. The first-order valence-electron chi connectivity index (χ1n) is 7.57. The highest BCUT2D eigenvalue weighted by molar-refractivity contribution is 5.81. The lowest BCUT2D eigenvalue weighted by molar-refractivity contribution is -0.153. The third-order valence-electron chi connectivity index (χ3n) is 4.22. The largest absolute Gasteiger partial charge is 0.464 e. The van der Waals surface area contributed by atoms with Gasteiger partial charge in [0.05, 0.1) is 6.61 Å². The first-order valence-corrected chi connectivity index (χ1v) is 7.57. The van der Waals surface area contributed by atoms with Crippen LogP contribution in [0.4, 0.5) is 0 Å². The van der Waals surface area contributed by atoms with E-state index in [1.54, 1.807) is 0 Å². The molecule has 2 atom stereocenters. The molecule has 3 nitrogen and oxygen atoms in total. The van der Waals surface area contributed by atoms with Crippen molar-refractivity contribution in [3.8, 4) is 0 Å². The van der Waals surface area contributed by atoms with E-state index in [1.165, 1.54) is 25.7 Å². The Bertz CT molecular complexity index is 255. The van der Waals surface area contributed by atoms with Crippen LogP contribution in [0, 0.1) is 5.92 Å². The minimum absolute atomic E-state index is 0.176. The van der Waals surface area contributed by atoms with Gasteiger partial charge in [-0.05, 0) is 25.2 Å². The first kappa shape index (κ1) is 15.5. The summed E-state index contributed by atoms with van der Waals surface area (Å²) < 4.78 is 5.37. The Morgan fingerprint density at radius 3 is 2.67 bits per heavy atom. The lowest BCUT2D eigenvalue weighted by Crippen LogP contribution is -2.55. The number of ether oxygens (including phenoxy) is 1. The maximum Gasteiger partial charge on any atom is 0.326 e. The third kappa shape index (κ3) is 4.27. The van der Waals surface area contributed by atoms with E-state index in [9.17, 15) is 4.79 Å². The fourth-order valence-electron chi connectivity index (χ4n) is 2.68. The SMILES string of the molecule is CCCCCCCOC(=O)C1(N)CCCCC1C. The summed E-state index contributed by atoms with van der Waals surface area (Å²) in [7, 11) is 0. The Labute approximate surface area is 111 Å². The zero-order chi connectivity index (χ0) is 13.4. The van der Waals surface area contributed by atoms with Crippen LogP contribution in [-0.2, 0) is 9.53 Å². The Balaban J connectivity index is 2.22. The molecule has 0 aromatic carbocycles. The van der Waals surface area contributed by atoms with Crippen molar-refractivity contribution in [3.63, 3.8) is 0 Å². The van der Waals surface area contributed by atoms with Gasteiger partial charge >= 0.3 is 5.97 Å². The summed E-state index contributed by atoms with van der Waals surface area (Å²) >= 11 is 0. The summed E-state index contributed by atoms with van der Waals surface area (Å²) in [4.78, 5) is 12.1. The van der Waals surface area contributed by atoms with E-state index in [0.29, 0.717) is 6.61 Å². The number of hydrogen-bond acceptors (Lipinski definition) is 3. The molecule has 0 aliphatic heterocycles. The number of nitrogens with two attached hydrogens (primary N) is 1. The van der Waals surface area contributed by atoms with E-state index in [1.807, 2.05) is 0 Å². The summed E-state index contributed by atoms with van der Waals surface area (Å²) in [5.74, 6) is 0.0732. The van der Waals surface area contributed by atoms with E-state index >= 15 is 0 Å². The van der Waals surface area contributed by atoms with Crippen molar-refractivity contribution < 1.29 is 9.53 Å². The number of hydrogen-bond donors (Lipinski definition) is 1. The lowest BCUT2D eigenvalue weighted by Gasteiger charge is -2.36. The average molecular weight is 255 g/mol. The standard InChI is InChI=1S/C15H29NO2/c1-3-4-5-6-9-12-18-14(17)15(16)11-8-7-10-13(15)2/h13H,3-12,16H2,1-2H3. The zero-order valence-corrected chi connectivity index (χ0v) is 12.0. The Hall–Kier alpha value is -0.570. The molecule has 106 valence electrons. The topological polar surface area (TPSA) is 52.3 Å². The second-order valence-corrected chi connectivity index (χ2v) is 5.74. The van der Waals surface area contributed by atoms with Gasteiger partial charge in [0.25, 0.3) is 0 Å². The molecule has 1 rings (SSSR count).